The van der Waals surface area contributed by atoms with E-state index in [2.05, 4.69) is 12.2 Å². The Morgan fingerprint density at radius 3 is 2.65 bits per heavy atom. The van der Waals surface area contributed by atoms with E-state index in [9.17, 15) is 0 Å². The van der Waals surface area contributed by atoms with Crippen molar-refractivity contribution in [2.24, 2.45) is 0 Å². The molecule has 0 aliphatic heterocycles. The van der Waals surface area contributed by atoms with Gasteiger partial charge in [-0.15, -0.1) is 0 Å². The highest BCUT2D eigenvalue weighted by Gasteiger charge is 2.07. The van der Waals surface area contributed by atoms with Crippen LogP contribution in [0.1, 0.15) is 24.9 Å². The second-order valence-corrected chi connectivity index (χ2v) is 4.91. The quantitative estimate of drug-likeness (QED) is 0.674. The molecule has 1 aromatic carbocycles. The Kier molecular flexibility index (Phi) is 8.62. The van der Waals surface area contributed by atoms with Crippen LogP contribution in [0.2, 0.25) is 5.02 Å². The van der Waals surface area contributed by atoms with Crippen LogP contribution in [0.5, 0.6) is 5.75 Å². The van der Waals surface area contributed by atoms with Crippen LogP contribution in [0.15, 0.2) is 18.2 Å². The Bertz CT molecular complexity index is 387. The first kappa shape index (κ1) is 17.2. The molecule has 114 valence electrons. The molecule has 0 bridgehead atoms. The lowest BCUT2D eigenvalue weighted by molar-refractivity contribution is 0.0644. The van der Waals surface area contributed by atoms with Gasteiger partial charge in [-0.1, -0.05) is 17.7 Å². The van der Waals surface area contributed by atoms with Crippen molar-refractivity contribution in [2.75, 3.05) is 40.6 Å². The molecule has 0 radical (unpaired) electrons. The maximum atomic E-state index is 6.21. The standard InChI is InChI=1S/C15H24ClNO3/c1-12(17-2)13-5-6-15(14(16)11-13)20-8-4-7-19-10-9-18-3/h5-6,11-12,17H,4,7-10H2,1-3H3. The number of rotatable bonds is 10. The summed E-state index contributed by atoms with van der Waals surface area (Å²) in [6, 6.07) is 6.15. The predicted octanol–water partition coefficient (Wildman–Crippen LogP) is 3.05. The van der Waals surface area contributed by atoms with Gasteiger partial charge in [-0.05, 0) is 31.7 Å². The molecule has 1 rings (SSSR count). The molecule has 0 amide bonds. The first-order valence-electron chi connectivity index (χ1n) is 6.85. The number of hydrogen-bond acceptors (Lipinski definition) is 4. The molecule has 1 atom stereocenters. The average molecular weight is 302 g/mol. The summed E-state index contributed by atoms with van der Waals surface area (Å²) >= 11 is 6.21. The van der Waals surface area contributed by atoms with E-state index in [4.69, 9.17) is 25.8 Å². The van der Waals surface area contributed by atoms with Gasteiger partial charge >= 0.3 is 0 Å². The highest BCUT2D eigenvalue weighted by molar-refractivity contribution is 6.32. The van der Waals surface area contributed by atoms with Crippen LogP contribution >= 0.6 is 11.6 Å². The molecule has 0 heterocycles. The molecule has 1 unspecified atom stereocenters. The van der Waals surface area contributed by atoms with Crippen LogP contribution in [0.25, 0.3) is 0 Å². The first-order chi connectivity index (χ1) is 9.69. The summed E-state index contributed by atoms with van der Waals surface area (Å²) in [5.74, 6) is 0.718. The second-order valence-electron chi connectivity index (χ2n) is 4.51. The zero-order valence-electron chi connectivity index (χ0n) is 12.4. The van der Waals surface area contributed by atoms with E-state index >= 15 is 0 Å². The van der Waals surface area contributed by atoms with E-state index in [-0.39, 0.29) is 6.04 Å². The van der Waals surface area contributed by atoms with E-state index in [1.165, 1.54) is 0 Å². The van der Waals surface area contributed by atoms with Crippen molar-refractivity contribution in [2.45, 2.75) is 19.4 Å². The Hall–Kier alpha value is -0.810. The summed E-state index contributed by atoms with van der Waals surface area (Å²) in [6.07, 6.45) is 0.828. The van der Waals surface area contributed by atoms with Gasteiger partial charge in [0, 0.05) is 26.2 Å². The molecule has 0 fully saturated rings. The minimum atomic E-state index is 0.274. The van der Waals surface area contributed by atoms with Crippen molar-refractivity contribution in [1.29, 1.82) is 0 Å². The van der Waals surface area contributed by atoms with Crippen molar-refractivity contribution in [1.82, 2.24) is 5.32 Å². The molecule has 0 saturated heterocycles. The average Bonchev–Trinajstić information content (AvgIpc) is 2.46. The van der Waals surface area contributed by atoms with Crippen molar-refractivity contribution in [3.63, 3.8) is 0 Å². The fourth-order valence-corrected chi connectivity index (χ4v) is 1.90. The monoisotopic (exact) mass is 301 g/mol. The van der Waals surface area contributed by atoms with Gasteiger partial charge in [0.05, 0.1) is 24.8 Å². The predicted molar refractivity (Wildman–Crippen MR) is 81.7 cm³/mol. The fraction of sp³-hybridized carbons (Fsp3) is 0.600. The highest BCUT2D eigenvalue weighted by Crippen LogP contribution is 2.27. The topological polar surface area (TPSA) is 39.7 Å². The Balaban J connectivity index is 2.30. The van der Waals surface area contributed by atoms with Gasteiger partial charge in [0.25, 0.3) is 0 Å². The Morgan fingerprint density at radius 2 is 2.00 bits per heavy atom. The Morgan fingerprint density at radius 1 is 1.20 bits per heavy atom. The SMILES string of the molecule is CNC(C)c1ccc(OCCCOCCOC)c(Cl)c1. The third kappa shape index (κ3) is 6.09. The van der Waals surface area contributed by atoms with Crippen LogP contribution < -0.4 is 10.1 Å². The van der Waals surface area contributed by atoms with Gasteiger partial charge in [0.1, 0.15) is 5.75 Å². The van der Waals surface area contributed by atoms with Crippen LogP contribution in [0.4, 0.5) is 0 Å². The summed E-state index contributed by atoms with van der Waals surface area (Å²) in [7, 11) is 3.58. The number of benzene rings is 1. The molecular weight excluding hydrogens is 278 g/mol. The minimum absolute atomic E-state index is 0.274. The maximum absolute atomic E-state index is 6.21. The first-order valence-corrected chi connectivity index (χ1v) is 7.23. The maximum Gasteiger partial charge on any atom is 0.137 e. The van der Waals surface area contributed by atoms with Crippen molar-refractivity contribution < 1.29 is 14.2 Å². The number of halogens is 1. The van der Waals surface area contributed by atoms with E-state index in [1.807, 2.05) is 25.2 Å². The lowest BCUT2D eigenvalue weighted by Gasteiger charge is -2.13. The zero-order valence-corrected chi connectivity index (χ0v) is 13.2. The van der Waals surface area contributed by atoms with Crippen LogP contribution in [-0.4, -0.2) is 40.6 Å². The van der Waals surface area contributed by atoms with Crippen LogP contribution in [0, 0.1) is 0 Å². The van der Waals surface area contributed by atoms with E-state index < -0.39 is 0 Å². The fourth-order valence-electron chi connectivity index (χ4n) is 1.66. The Labute approximate surface area is 126 Å². The van der Waals surface area contributed by atoms with Crippen LogP contribution in [0.3, 0.4) is 0 Å². The van der Waals surface area contributed by atoms with Gasteiger partial charge in [-0.2, -0.15) is 0 Å². The van der Waals surface area contributed by atoms with E-state index in [1.54, 1.807) is 7.11 Å². The molecule has 0 saturated carbocycles. The van der Waals surface area contributed by atoms with E-state index in [0.717, 1.165) is 17.7 Å². The van der Waals surface area contributed by atoms with Gasteiger partial charge in [0.2, 0.25) is 0 Å². The van der Waals surface area contributed by atoms with Crippen molar-refractivity contribution in [3.05, 3.63) is 28.8 Å². The number of hydrogen-bond donors (Lipinski definition) is 1. The van der Waals surface area contributed by atoms with Crippen molar-refractivity contribution in [3.8, 4) is 5.75 Å². The zero-order chi connectivity index (χ0) is 14.8. The third-order valence-electron chi connectivity index (χ3n) is 3.01. The smallest absolute Gasteiger partial charge is 0.137 e. The molecule has 0 aliphatic carbocycles. The van der Waals surface area contributed by atoms with Gasteiger partial charge < -0.3 is 19.5 Å². The van der Waals surface area contributed by atoms with E-state index in [0.29, 0.717) is 31.5 Å². The second kappa shape index (κ2) is 10.00. The molecule has 4 nitrogen and oxygen atoms in total. The van der Waals surface area contributed by atoms with Crippen molar-refractivity contribution >= 4 is 11.6 Å². The summed E-state index contributed by atoms with van der Waals surface area (Å²) in [6.45, 7) is 4.58. The van der Waals surface area contributed by atoms with Gasteiger partial charge in [0.15, 0.2) is 0 Å². The van der Waals surface area contributed by atoms with Gasteiger partial charge in [-0.25, -0.2) is 0 Å². The molecule has 1 N–H and O–H groups in total. The highest BCUT2D eigenvalue weighted by atomic mass is 35.5. The summed E-state index contributed by atoms with van der Waals surface area (Å²) in [5.41, 5.74) is 1.15. The number of nitrogens with one attached hydrogen (secondary N) is 1. The molecule has 0 aliphatic rings. The van der Waals surface area contributed by atoms with Crippen LogP contribution in [-0.2, 0) is 9.47 Å². The minimum Gasteiger partial charge on any atom is -0.492 e. The molecule has 0 aromatic heterocycles. The third-order valence-corrected chi connectivity index (χ3v) is 3.31. The lowest BCUT2D eigenvalue weighted by Crippen LogP contribution is -2.12. The summed E-state index contributed by atoms with van der Waals surface area (Å²) < 4.78 is 15.9. The number of ether oxygens (including phenoxy) is 3. The lowest BCUT2D eigenvalue weighted by atomic mass is 10.1. The molecule has 20 heavy (non-hydrogen) atoms. The van der Waals surface area contributed by atoms with Gasteiger partial charge in [-0.3, -0.25) is 0 Å². The summed E-state index contributed by atoms with van der Waals surface area (Å²) in [5, 5.41) is 3.82. The molecular formula is C15H24ClNO3. The molecule has 1 aromatic rings. The molecule has 0 spiro atoms. The normalized spacial score (nSPS) is 12.4. The molecule has 5 heteroatoms. The largest absolute Gasteiger partial charge is 0.492 e. The summed E-state index contributed by atoms with van der Waals surface area (Å²) in [4.78, 5) is 0. The number of methoxy groups -OCH3 is 1.